The van der Waals surface area contributed by atoms with Gasteiger partial charge in [-0.3, -0.25) is 0 Å². The summed E-state index contributed by atoms with van der Waals surface area (Å²) in [4.78, 5) is 0. The number of phenols is 1. The van der Waals surface area contributed by atoms with Gasteiger partial charge in [0.25, 0.3) is 0 Å². The molecule has 0 atom stereocenters. The average Bonchev–Trinajstić information content (AvgIpc) is 2.51. The maximum absolute atomic E-state index is 9.57. The van der Waals surface area contributed by atoms with E-state index in [2.05, 4.69) is 0 Å². The highest BCUT2D eigenvalue weighted by Crippen LogP contribution is 2.24. The molecule has 0 aliphatic heterocycles. The van der Waals surface area contributed by atoms with E-state index >= 15 is 0 Å². The normalized spacial score (nSPS) is 10.8. The van der Waals surface area contributed by atoms with E-state index in [-0.39, 0.29) is 12.4 Å². The molecule has 13 heavy (non-hydrogen) atoms. The van der Waals surface area contributed by atoms with Crippen LogP contribution >= 0.6 is 0 Å². The van der Waals surface area contributed by atoms with Gasteiger partial charge in [0.2, 0.25) is 0 Å². The maximum Gasteiger partial charge on any atom is 0.139 e. The number of aliphatic hydroxyl groups is 1. The quantitative estimate of drug-likeness (QED) is 0.727. The van der Waals surface area contributed by atoms with Crippen LogP contribution < -0.4 is 0 Å². The zero-order chi connectivity index (χ0) is 9.26. The van der Waals surface area contributed by atoms with Crippen LogP contribution in [-0.2, 0) is 6.54 Å². The first-order chi connectivity index (χ1) is 6.33. The van der Waals surface area contributed by atoms with Crippen LogP contribution in [0.25, 0.3) is 10.9 Å². The number of fused-ring (bicyclic) bond motifs is 1. The number of para-hydroxylation sites is 1. The highest BCUT2D eigenvalue weighted by Gasteiger charge is 2.03. The van der Waals surface area contributed by atoms with E-state index in [4.69, 9.17) is 5.11 Å². The summed E-state index contributed by atoms with van der Waals surface area (Å²) in [5, 5.41) is 19.3. The summed E-state index contributed by atoms with van der Waals surface area (Å²) in [5.74, 6) is 0.260. The van der Waals surface area contributed by atoms with Crippen LogP contribution in [0.5, 0.6) is 5.75 Å². The van der Waals surface area contributed by atoms with Crippen molar-refractivity contribution in [3.05, 3.63) is 30.5 Å². The molecule has 1 heterocycles. The number of aliphatic hydroxyl groups excluding tert-OH is 1. The Kier molecular flexibility index (Phi) is 1.94. The lowest BCUT2D eigenvalue weighted by molar-refractivity contribution is 0.278. The van der Waals surface area contributed by atoms with E-state index in [1.165, 1.54) is 0 Å². The van der Waals surface area contributed by atoms with Crippen LogP contribution in [0.1, 0.15) is 0 Å². The number of benzene rings is 1. The van der Waals surface area contributed by atoms with E-state index in [1.54, 1.807) is 12.1 Å². The van der Waals surface area contributed by atoms with Gasteiger partial charge in [0.1, 0.15) is 5.75 Å². The fourth-order valence-electron chi connectivity index (χ4n) is 1.54. The Balaban J connectivity index is 2.64. The molecule has 1 aromatic heterocycles. The molecule has 0 bridgehead atoms. The van der Waals surface area contributed by atoms with Gasteiger partial charge in [0.15, 0.2) is 0 Å². The van der Waals surface area contributed by atoms with E-state index in [1.807, 2.05) is 22.9 Å². The molecule has 0 aliphatic rings. The summed E-state index contributed by atoms with van der Waals surface area (Å²) >= 11 is 0. The van der Waals surface area contributed by atoms with Crippen molar-refractivity contribution in [2.45, 2.75) is 6.54 Å². The topological polar surface area (TPSA) is 45.4 Å². The third-order valence-corrected chi connectivity index (χ3v) is 2.11. The molecule has 0 radical (unpaired) electrons. The van der Waals surface area contributed by atoms with Gasteiger partial charge in [-0.15, -0.1) is 0 Å². The Morgan fingerprint density at radius 1 is 1.23 bits per heavy atom. The van der Waals surface area contributed by atoms with Crippen molar-refractivity contribution in [3.63, 3.8) is 0 Å². The minimum absolute atomic E-state index is 0.0815. The summed E-state index contributed by atoms with van der Waals surface area (Å²) in [6.45, 7) is 0.596. The molecule has 3 nitrogen and oxygen atoms in total. The zero-order valence-corrected chi connectivity index (χ0v) is 7.14. The Labute approximate surface area is 75.9 Å². The summed E-state index contributed by atoms with van der Waals surface area (Å²) in [6.07, 6.45) is 1.86. The molecule has 0 amide bonds. The zero-order valence-electron chi connectivity index (χ0n) is 7.14. The lowest BCUT2D eigenvalue weighted by atomic mass is 10.2. The molecular weight excluding hydrogens is 166 g/mol. The Morgan fingerprint density at radius 3 is 2.85 bits per heavy atom. The molecule has 0 fully saturated rings. The summed E-state index contributed by atoms with van der Waals surface area (Å²) in [5.41, 5.74) is 0.788. The smallest absolute Gasteiger partial charge is 0.139 e. The van der Waals surface area contributed by atoms with Crippen LogP contribution in [-0.4, -0.2) is 21.4 Å². The number of rotatable bonds is 2. The van der Waals surface area contributed by atoms with Crippen LogP contribution in [0.15, 0.2) is 30.5 Å². The van der Waals surface area contributed by atoms with Gasteiger partial charge in [0.05, 0.1) is 12.1 Å². The van der Waals surface area contributed by atoms with Gasteiger partial charge in [-0.25, -0.2) is 0 Å². The summed E-state index contributed by atoms with van der Waals surface area (Å²) in [6, 6.07) is 7.31. The number of nitrogens with zero attached hydrogens (tertiary/aromatic N) is 1. The van der Waals surface area contributed by atoms with Crippen LogP contribution in [0, 0.1) is 0 Å². The van der Waals surface area contributed by atoms with Gasteiger partial charge in [-0.1, -0.05) is 12.1 Å². The molecule has 0 unspecified atom stereocenters. The van der Waals surface area contributed by atoms with Gasteiger partial charge in [-0.2, -0.15) is 0 Å². The lowest BCUT2D eigenvalue weighted by Gasteiger charge is -2.03. The molecule has 68 valence electrons. The summed E-state index contributed by atoms with van der Waals surface area (Å²) < 4.78 is 1.84. The van der Waals surface area contributed by atoms with E-state index in [0.717, 1.165) is 10.9 Å². The third kappa shape index (κ3) is 1.27. The van der Waals surface area contributed by atoms with Gasteiger partial charge in [0, 0.05) is 18.1 Å². The predicted molar refractivity (Wildman–Crippen MR) is 50.7 cm³/mol. The van der Waals surface area contributed by atoms with E-state index in [9.17, 15) is 5.11 Å². The largest absolute Gasteiger partial charge is 0.506 e. The van der Waals surface area contributed by atoms with Crippen molar-refractivity contribution >= 4 is 10.9 Å². The van der Waals surface area contributed by atoms with Gasteiger partial charge >= 0.3 is 0 Å². The number of hydrogen-bond acceptors (Lipinski definition) is 2. The number of aromatic hydroxyl groups is 1. The number of phenolic OH excluding ortho intramolecular Hbond substituents is 1. The minimum Gasteiger partial charge on any atom is -0.506 e. The Hall–Kier alpha value is -1.48. The van der Waals surface area contributed by atoms with Gasteiger partial charge in [-0.05, 0) is 12.1 Å². The molecule has 3 heteroatoms. The maximum atomic E-state index is 9.57. The molecule has 2 N–H and O–H groups in total. The standard InChI is InChI=1S/C10H11NO2/c12-7-6-11-5-4-8-2-1-3-9(13)10(8)11/h1-5,12-13H,6-7H2. The Morgan fingerprint density at radius 2 is 2.08 bits per heavy atom. The molecule has 2 aromatic rings. The second kappa shape index (κ2) is 3.11. The van der Waals surface area contributed by atoms with E-state index in [0.29, 0.717) is 6.54 Å². The van der Waals surface area contributed by atoms with Crippen LogP contribution in [0.2, 0.25) is 0 Å². The molecular formula is C10H11NO2. The van der Waals surface area contributed by atoms with E-state index < -0.39 is 0 Å². The molecule has 0 aliphatic carbocycles. The molecule has 0 saturated heterocycles. The molecule has 0 spiro atoms. The van der Waals surface area contributed by atoms with Crippen LogP contribution in [0.3, 0.4) is 0 Å². The SMILES string of the molecule is OCCn1ccc2cccc(O)c21. The predicted octanol–water partition coefficient (Wildman–Crippen LogP) is 1.34. The first-order valence-electron chi connectivity index (χ1n) is 4.20. The molecule has 2 rings (SSSR count). The first-order valence-corrected chi connectivity index (χ1v) is 4.20. The first kappa shape index (κ1) is 8.13. The monoisotopic (exact) mass is 177 g/mol. The Bertz CT molecular complexity index is 420. The molecule has 0 saturated carbocycles. The highest BCUT2D eigenvalue weighted by molar-refractivity contribution is 5.85. The van der Waals surface area contributed by atoms with Crippen molar-refractivity contribution in [1.82, 2.24) is 4.57 Å². The number of aromatic nitrogens is 1. The fourth-order valence-corrected chi connectivity index (χ4v) is 1.54. The average molecular weight is 177 g/mol. The minimum atomic E-state index is 0.0815. The van der Waals surface area contributed by atoms with Crippen molar-refractivity contribution < 1.29 is 10.2 Å². The second-order valence-electron chi connectivity index (χ2n) is 2.95. The third-order valence-electron chi connectivity index (χ3n) is 2.11. The fraction of sp³-hybridized carbons (Fsp3) is 0.200. The highest BCUT2D eigenvalue weighted by atomic mass is 16.3. The van der Waals surface area contributed by atoms with Crippen LogP contribution in [0.4, 0.5) is 0 Å². The van der Waals surface area contributed by atoms with Crippen molar-refractivity contribution in [2.24, 2.45) is 0 Å². The number of hydrogen-bond donors (Lipinski definition) is 2. The van der Waals surface area contributed by atoms with Gasteiger partial charge < -0.3 is 14.8 Å². The lowest BCUT2D eigenvalue weighted by Crippen LogP contribution is -1.99. The van der Waals surface area contributed by atoms with Crippen molar-refractivity contribution in [1.29, 1.82) is 0 Å². The van der Waals surface area contributed by atoms with Crippen molar-refractivity contribution in [2.75, 3.05) is 6.61 Å². The summed E-state index contributed by atoms with van der Waals surface area (Å²) in [7, 11) is 0. The molecule has 1 aromatic carbocycles. The van der Waals surface area contributed by atoms with Crippen molar-refractivity contribution in [3.8, 4) is 5.75 Å². The second-order valence-corrected chi connectivity index (χ2v) is 2.95.